The van der Waals surface area contributed by atoms with Gasteiger partial charge in [-0.15, -0.1) is 0 Å². The lowest BCUT2D eigenvalue weighted by Gasteiger charge is -2.25. The first kappa shape index (κ1) is 8.47. The Morgan fingerprint density at radius 3 is 2.64 bits per heavy atom. The summed E-state index contributed by atoms with van der Waals surface area (Å²) in [5.74, 6) is 0.633. The molecule has 2 heteroatoms. The number of carbonyl (C=O) groups excluding carboxylic acids is 1. The van der Waals surface area contributed by atoms with Gasteiger partial charge in [0.25, 0.3) is 0 Å². The molecule has 0 aliphatic carbocycles. The fourth-order valence-electron chi connectivity index (χ4n) is 1.03. The third-order valence-corrected chi connectivity index (χ3v) is 2.16. The fraction of sp³-hybridized carbons (Fsp3) is 0.667. The maximum atomic E-state index is 11.3. The van der Waals surface area contributed by atoms with Crippen LogP contribution in [0.15, 0.2) is 12.2 Å². The van der Waals surface area contributed by atoms with E-state index in [4.69, 9.17) is 0 Å². The molecule has 1 fully saturated rings. The lowest BCUT2D eigenvalue weighted by Crippen LogP contribution is -2.46. The molecule has 0 spiro atoms. The van der Waals surface area contributed by atoms with Crippen molar-refractivity contribution >= 4 is 5.78 Å². The topological polar surface area (TPSA) is 29.1 Å². The van der Waals surface area contributed by atoms with E-state index in [0.717, 1.165) is 25.1 Å². The van der Waals surface area contributed by atoms with Gasteiger partial charge in [0, 0.05) is 25.4 Å². The molecule has 1 aliphatic heterocycles. The normalized spacial score (nSPS) is 17.5. The summed E-state index contributed by atoms with van der Waals surface area (Å²) in [6.07, 6.45) is 1.51. The van der Waals surface area contributed by atoms with Gasteiger partial charge in [0.15, 0.2) is 0 Å². The number of Topliss-reactive ketones (excluding diaryl/α,β-unsaturated/α-hetero) is 1. The zero-order chi connectivity index (χ0) is 8.27. The van der Waals surface area contributed by atoms with Gasteiger partial charge < -0.3 is 5.32 Å². The minimum Gasteiger partial charge on any atom is -0.315 e. The summed E-state index contributed by atoms with van der Waals surface area (Å²) < 4.78 is 0. The highest BCUT2D eigenvalue weighted by atomic mass is 16.1. The predicted molar refractivity (Wildman–Crippen MR) is 45.4 cm³/mol. The van der Waals surface area contributed by atoms with Crippen molar-refractivity contribution in [2.24, 2.45) is 5.92 Å². The smallest absolute Gasteiger partial charge is 0.142 e. The van der Waals surface area contributed by atoms with Gasteiger partial charge >= 0.3 is 0 Å². The maximum absolute atomic E-state index is 11.3. The molecule has 0 aromatic rings. The van der Waals surface area contributed by atoms with E-state index in [1.165, 1.54) is 0 Å². The lowest BCUT2D eigenvalue weighted by atomic mass is 9.93. The van der Waals surface area contributed by atoms with Crippen LogP contribution in [-0.2, 0) is 4.79 Å². The molecule has 0 atom stereocenters. The van der Waals surface area contributed by atoms with Crippen LogP contribution < -0.4 is 5.32 Å². The molecule has 1 saturated heterocycles. The van der Waals surface area contributed by atoms with Gasteiger partial charge in [0.1, 0.15) is 5.78 Å². The lowest BCUT2D eigenvalue weighted by molar-refractivity contribution is -0.123. The van der Waals surface area contributed by atoms with E-state index in [1.807, 2.05) is 6.92 Å². The van der Waals surface area contributed by atoms with Crippen molar-refractivity contribution in [2.45, 2.75) is 19.8 Å². The number of carbonyl (C=O) groups is 1. The van der Waals surface area contributed by atoms with E-state index in [-0.39, 0.29) is 5.92 Å². The Labute approximate surface area is 67.7 Å². The van der Waals surface area contributed by atoms with Crippen LogP contribution in [0, 0.1) is 5.92 Å². The van der Waals surface area contributed by atoms with E-state index in [9.17, 15) is 4.79 Å². The molecule has 0 amide bonds. The van der Waals surface area contributed by atoms with E-state index < -0.39 is 0 Å². The SMILES string of the molecule is C=C(CC)CC(=O)C1CNC1. The number of allylic oxidation sites excluding steroid dienone is 1. The Balaban J connectivity index is 2.25. The van der Waals surface area contributed by atoms with E-state index in [1.54, 1.807) is 0 Å². The van der Waals surface area contributed by atoms with Gasteiger partial charge in [0.05, 0.1) is 0 Å². The Morgan fingerprint density at radius 1 is 1.64 bits per heavy atom. The number of hydrogen-bond donors (Lipinski definition) is 1. The van der Waals surface area contributed by atoms with Crippen molar-refractivity contribution in [3.63, 3.8) is 0 Å². The number of hydrogen-bond acceptors (Lipinski definition) is 2. The summed E-state index contributed by atoms with van der Waals surface area (Å²) in [7, 11) is 0. The summed E-state index contributed by atoms with van der Waals surface area (Å²) in [6, 6.07) is 0. The van der Waals surface area contributed by atoms with E-state index in [0.29, 0.717) is 12.2 Å². The number of nitrogens with one attached hydrogen (secondary N) is 1. The minimum atomic E-state index is 0.276. The Hall–Kier alpha value is -0.630. The van der Waals surface area contributed by atoms with Crippen molar-refractivity contribution in [1.82, 2.24) is 5.32 Å². The van der Waals surface area contributed by atoms with Crippen molar-refractivity contribution in [3.8, 4) is 0 Å². The first-order valence-corrected chi connectivity index (χ1v) is 4.14. The van der Waals surface area contributed by atoms with Gasteiger partial charge in [-0.25, -0.2) is 0 Å². The first-order chi connectivity index (χ1) is 5.24. The molecule has 1 N–H and O–H groups in total. The molecule has 0 radical (unpaired) electrons. The van der Waals surface area contributed by atoms with Gasteiger partial charge in [-0.05, 0) is 6.42 Å². The van der Waals surface area contributed by atoms with Crippen molar-refractivity contribution in [1.29, 1.82) is 0 Å². The quantitative estimate of drug-likeness (QED) is 0.613. The summed E-state index contributed by atoms with van der Waals surface area (Å²) in [6.45, 7) is 7.59. The highest BCUT2D eigenvalue weighted by Gasteiger charge is 2.24. The van der Waals surface area contributed by atoms with Crippen molar-refractivity contribution < 1.29 is 4.79 Å². The zero-order valence-corrected chi connectivity index (χ0v) is 7.02. The number of ketones is 1. The predicted octanol–water partition coefficient (Wildman–Crippen LogP) is 1.13. The molecule has 1 heterocycles. The third-order valence-electron chi connectivity index (χ3n) is 2.16. The van der Waals surface area contributed by atoms with E-state index >= 15 is 0 Å². The van der Waals surface area contributed by atoms with Crippen molar-refractivity contribution in [2.75, 3.05) is 13.1 Å². The molecule has 0 aromatic carbocycles. The summed E-state index contributed by atoms with van der Waals surface area (Å²) in [5, 5.41) is 3.08. The van der Waals surface area contributed by atoms with Crippen LogP contribution in [0.5, 0.6) is 0 Å². The molecule has 2 nitrogen and oxygen atoms in total. The average molecular weight is 153 g/mol. The zero-order valence-electron chi connectivity index (χ0n) is 7.02. The van der Waals surface area contributed by atoms with Crippen LogP contribution >= 0.6 is 0 Å². The first-order valence-electron chi connectivity index (χ1n) is 4.14. The Kier molecular flexibility index (Phi) is 2.83. The second-order valence-corrected chi connectivity index (χ2v) is 3.10. The average Bonchev–Trinajstić information content (AvgIpc) is 1.83. The van der Waals surface area contributed by atoms with Crippen LogP contribution in [-0.4, -0.2) is 18.9 Å². The highest BCUT2D eigenvalue weighted by molar-refractivity contribution is 5.84. The van der Waals surface area contributed by atoms with Crippen LogP contribution in [0.1, 0.15) is 19.8 Å². The molecule has 0 bridgehead atoms. The third kappa shape index (κ3) is 2.15. The van der Waals surface area contributed by atoms with E-state index in [2.05, 4.69) is 11.9 Å². The van der Waals surface area contributed by atoms with Gasteiger partial charge in [-0.1, -0.05) is 19.1 Å². The standard InChI is InChI=1S/C9H15NO/c1-3-7(2)4-9(11)8-5-10-6-8/h8,10H,2-6H2,1H3. The monoisotopic (exact) mass is 153 g/mol. The molecular formula is C9H15NO. The van der Waals surface area contributed by atoms with Crippen LogP contribution in [0.25, 0.3) is 0 Å². The molecule has 1 aliphatic rings. The van der Waals surface area contributed by atoms with Gasteiger partial charge in [-0.2, -0.15) is 0 Å². The molecule has 0 unspecified atom stereocenters. The van der Waals surface area contributed by atoms with Gasteiger partial charge in [-0.3, -0.25) is 4.79 Å². The van der Waals surface area contributed by atoms with Gasteiger partial charge in [0.2, 0.25) is 0 Å². The Morgan fingerprint density at radius 2 is 2.27 bits per heavy atom. The second kappa shape index (κ2) is 3.67. The second-order valence-electron chi connectivity index (χ2n) is 3.10. The largest absolute Gasteiger partial charge is 0.315 e. The molecule has 11 heavy (non-hydrogen) atoms. The molecule has 1 rings (SSSR count). The van der Waals surface area contributed by atoms with Crippen molar-refractivity contribution in [3.05, 3.63) is 12.2 Å². The maximum Gasteiger partial charge on any atom is 0.142 e. The molecule has 62 valence electrons. The van der Waals surface area contributed by atoms with Crippen LogP contribution in [0.2, 0.25) is 0 Å². The Bertz CT molecular complexity index is 170. The highest BCUT2D eigenvalue weighted by Crippen LogP contribution is 2.12. The summed E-state index contributed by atoms with van der Waals surface area (Å²) in [5.41, 5.74) is 1.06. The molecule has 0 aromatic heterocycles. The fourth-order valence-corrected chi connectivity index (χ4v) is 1.03. The number of rotatable bonds is 4. The summed E-state index contributed by atoms with van der Waals surface area (Å²) >= 11 is 0. The molecular weight excluding hydrogens is 138 g/mol. The summed E-state index contributed by atoms with van der Waals surface area (Å²) in [4.78, 5) is 11.3. The van der Waals surface area contributed by atoms with Crippen LogP contribution in [0.4, 0.5) is 0 Å². The molecule has 0 saturated carbocycles. The van der Waals surface area contributed by atoms with Crippen LogP contribution in [0.3, 0.4) is 0 Å². The minimum absolute atomic E-state index is 0.276.